The maximum Gasteiger partial charge on any atom is 0.277 e. The van der Waals surface area contributed by atoms with Gasteiger partial charge in [0.15, 0.2) is 0 Å². The first-order chi connectivity index (χ1) is 12.6. The molecule has 0 spiro atoms. The van der Waals surface area contributed by atoms with Crippen LogP contribution in [-0.4, -0.2) is 38.8 Å². The van der Waals surface area contributed by atoms with E-state index in [-0.39, 0.29) is 11.2 Å². The highest BCUT2D eigenvalue weighted by molar-refractivity contribution is 8.00. The summed E-state index contributed by atoms with van der Waals surface area (Å²) in [5.74, 6) is 0.659. The monoisotopic (exact) mass is 373 g/mol. The largest absolute Gasteiger partial charge is 0.411 e. The molecular weight excluding hydrogens is 346 g/mol. The molecule has 140 valence electrons. The van der Waals surface area contributed by atoms with Crippen LogP contribution in [0.3, 0.4) is 0 Å². The van der Waals surface area contributed by atoms with Gasteiger partial charge >= 0.3 is 0 Å². The van der Waals surface area contributed by atoms with Crippen LogP contribution < -0.4 is 0 Å². The van der Waals surface area contributed by atoms with Gasteiger partial charge in [-0.3, -0.25) is 4.79 Å². The SMILES string of the molecule is CCN(C(=O)C(C)Sc1nnc(-c2ccc(C)cc2)o1)C1CCCCC1. The second-order valence-corrected chi connectivity index (χ2v) is 8.21. The van der Waals surface area contributed by atoms with E-state index < -0.39 is 0 Å². The highest BCUT2D eigenvalue weighted by Crippen LogP contribution is 2.29. The molecule has 1 heterocycles. The van der Waals surface area contributed by atoms with Gasteiger partial charge in [0.1, 0.15) is 0 Å². The van der Waals surface area contributed by atoms with Crippen molar-refractivity contribution >= 4 is 17.7 Å². The summed E-state index contributed by atoms with van der Waals surface area (Å²) in [5, 5.41) is 8.44. The van der Waals surface area contributed by atoms with Gasteiger partial charge in [0.05, 0.1) is 5.25 Å². The van der Waals surface area contributed by atoms with Crippen molar-refractivity contribution in [2.45, 2.75) is 69.4 Å². The lowest BCUT2D eigenvalue weighted by atomic mass is 9.94. The first-order valence-corrected chi connectivity index (χ1v) is 10.3. The van der Waals surface area contributed by atoms with Gasteiger partial charge < -0.3 is 9.32 Å². The first-order valence-electron chi connectivity index (χ1n) is 9.46. The topological polar surface area (TPSA) is 59.2 Å². The quantitative estimate of drug-likeness (QED) is 0.687. The third-order valence-electron chi connectivity index (χ3n) is 4.97. The minimum absolute atomic E-state index is 0.166. The van der Waals surface area contributed by atoms with Gasteiger partial charge in [-0.15, -0.1) is 10.2 Å². The van der Waals surface area contributed by atoms with E-state index >= 15 is 0 Å². The second kappa shape index (κ2) is 8.71. The molecule has 1 aliphatic rings. The van der Waals surface area contributed by atoms with Crippen molar-refractivity contribution < 1.29 is 9.21 Å². The number of rotatable bonds is 6. The van der Waals surface area contributed by atoms with E-state index in [1.165, 1.54) is 36.6 Å². The lowest BCUT2D eigenvalue weighted by Crippen LogP contribution is -2.44. The average molecular weight is 374 g/mol. The van der Waals surface area contributed by atoms with Crippen molar-refractivity contribution in [2.24, 2.45) is 0 Å². The van der Waals surface area contributed by atoms with Crippen molar-refractivity contribution in [2.75, 3.05) is 6.54 Å². The van der Waals surface area contributed by atoms with Crippen molar-refractivity contribution in [1.29, 1.82) is 0 Å². The Labute approximate surface area is 159 Å². The van der Waals surface area contributed by atoms with E-state index in [2.05, 4.69) is 17.1 Å². The molecule has 3 rings (SSSR count). The van der Waals surface area contributed by atoms with Crippen LogP contribution in [0, 0.1) is 6.92 Å². The van der Waals surface area contributed by atoms with Gasteiger partial charge in [-0.05, 0) is 45.7 Å². The van der Waals surface area contributed by atoms with Crippen LogP contribution in [0.1, 0.15) is 51.5 Å². The Morgan fingerprint density at radius 3 is 2.58 bits per heavy atom. The Morgan fingerprint density at radius 1 is 1.23 bits per heavy atom. The Morgan fingerprint density at radius 2 is 1.92 bits per heavy atom. The lowest BCUT2D eigenvalue weighted by Gasteiger charge is -2.34. The molecule has 0 aliphatic heterocycles. The number of hydrogen-bond donors (Lipinski definition) is 0. The zero-order valence-electron chi connectivity index (χ0n) is 15.8. The van der Waals surface area contributed by atoms with Crippen LogP contribution in [0.25, 0.3) is 11.5 Å². The summed E-state index contributed by atoms with van der Waals surface area (Å²) in [6, 6.07) is 8.35. The number of nitrogens with zero attached hydrogens (tertiary/aromatic N) is 3. The van der Waals surface area contributed by atoms with Gasteiger partial charge in [0.25, 0.3) is 5.22 Å². The zero-order valence-corrected chi connectivity index (χ0v) is 16.6. The fourth-order valence-electron chi connectivity index (χ4n) is 3.49. The van der Waals surface area contributed by atoms with Crippen LogP contribution in [0.5, 0.6) is 0 Å². The molecule has 2 aromatic rings. The molecule has 1 amide bonds. The van der Waals surface area contributed by atoms with Gasteiger partial charge in [-0.25, -0.2) is 0 Å². The molecule has 1 aliphatic carbocycles. The van der Waals surface area contributed by atoms with Crippen LogP contribution >= 0.6 is 11.8 Å². The molecule has 1 saturated carbocycles. The summed E-state index contributed by atoms with van der Waals surface area (Å²) in [7, 11) is 0. The lowest BCUT2D eigenvalue weighted by molar-refractivity contribution is -0.133. The van der Waals surface area contributed by atoms with Crippen LogP contribution in [0.15, 0.2) is 33.9 Å². The van der Waals surface area contributed by atoms with Gasteiger partial charge in [-0.2, -0.15) is 0 Å². The van der Waals surface area contributed by atoms with Crippen LogP contribution in [-0.2, 0) is 4.79 Å². The molecule has 0 saturated heterocycles. The molecule has 5 nitrogen and oxygen atoms in total. The number of amides is 1. The summed E-state index contributed by atoms with van der Waals surface area (Å²) in [6.45, 7) is 6.78. The molecule has 1 aromatic carbocycles. The maximum absolute atomic E-state index is 12.9. The zero-order chi connectivity index (χ0) is 18.5. The summed E-state index contributed by atoms with van der Waals surface area (Å²) < 4.78 is 5.76. The highest BCUT2D eigenvalue weighted by atomic mass is 32.2. The Kier molecular flexibility index (Phi) is 6.35. The Bertz CT molecular complexity index is 723. The van der Waals surface area contributed by atoms with E-state index in [0.29, 0.717) is 17.2 Å². The highest BCUT2D eigenvalue weighted by Gasteiger charge is 2.29. The number of aryl methyl sites for hydroxylation is 1. The van der Waals surface area contributed by atoms with Crippen molar-refractivity contribution in [3.05, 3.63) is 29.8 Å². The van der Waals surface area contributed by atoms with Crippen molar-refractivity contribution in [3.63, 3.8) is 0 Å². The Hall–Kier alpha value is -1.82. The normalized spacial score (nSPS) is 16.4. The van der Waals surface area contributed by atoms with E-state index in [1.807, 2.05) is 43.0 Å². The number of thioether (sulfide) groups is 1. The predicted octanol–water partition coefficient (Wildman–Crippen LogP) is 4.71. The van der Waals surface area contributed by atoms with E-state index in [4.69, 9.17) is 4.42 Å². The number of aromatic nitrogens is 2. The average Bonchev–Trinajstić information content (AvgIpc) is 3.12. The van der Waals surface area contributed by atoms with Crippen molar-refractivity contribution in [1.82, 2.24) is 15.1 Å². The molecule has 0 N–H and O–H groups in total. The van der Waals surface area contributed by atoms with Gasteiger partial charge in [0.2, 0.25) is 11.8 Å². The van der Waals surface area contributed by atoms with Crippen LogP contribution in [0.2, 0.25) is 0 Å². The minimum Gasteiger partial charge on any atom is -0.411 e. The first kappa shape index (κ1) is 19.0. The standard InChI is InChI=1S/C20H27N3O2S/c1-4-23(17-8-6-5-7-9-17)19(24)15(3)26-20-22-21-18(25-20)16-12-10-14(2)11-13-16/h10-13,15,17H,4-9H2,1-3H3. The third-order valence-corrected chi connectivity index (χ3v) is 5.89. The molecular formula is C20H27N3O2S. The summed E-state index contributed by atoms with van der Waals surface area (Å²) >= 11 is 1.35. The fraction of sp³-hybridized carbons (Fsp3) is 0.550. The van der Waals surface area contributed by atoms with E-state index in [0.717, 1.165) is 24.9 Å². The molecule has 0 radical (unpaired) electrons. The molecule has 26 heavy (non-hydrogen) atoms. The Balaban J connectivity index is 1.64. The summed E-state index contributed by atoms with van der Waals surface area (Å²) in [5.41, 5.74) is 2.08. The number of hydrogen-bond acceptors (Lipinski definition) is 5. The molecule has 1 atom stereocenters. The summed E-state index contributed by atoms with van der Waals surface area (Å²) in [4.78, 5) is 14.9. The second-order valence-electron chi connectivity index (χ2n) is 6.92. The molecule has 1 unspecified atom stereocenters. The predicted molar refractivity (Wildman–Crippen MR) is 104 cm³/mol. The molecule has 1 fully saturated rings. The number of benzene rings is 1. The summed E-state index contributed by atoms with van der Waals surface area (Å²) in [6.07, 6.45) is 5.97. The molecule has 6 heteroatoms. The van der Waals surface area contributed by atoms with Gasteiger partial charge in [-0.1, -0.05) is 48.7 Å². The van der Waals surface area contributed by atoms with Crippen molar-refractivity contribution in [3.8, 4) is 11.5 Å². The molecule has 1 aromatic heterocycles. The smallest absolute Gasteiger partial charge is 0.277 e. The minimum atomic E-state index is -0.233. The maximum atomic E-state index is 12.9. The number of carbonyl (C=O) groups is 1. The third kappa shape index (κ3) is 4.47. The number of carbonyl (C=O) groups excluding carboxylic acids is 1. The van der Waals surface area contributed by atoms with Crippen LogP contribution in [0.4, 0.5) is 0 Å². The van der Waals surface area contributed by atoms with E-state index in [1.54, 1.807) is 0 Å². The fourth-order valence-corrected chi connectivity index (χ4v) is 4.25. The van der Waals surface area contributed by atoms with E-state index in [9.17, 15) is 4.79 Å². The molecule has 0 bridgehead atoms. The van der Waals surface area contributed by atoms with Gasteiger partial charge in [0, 0.05) is 18.2 Å².